The lowest BCUT2D eigenvalue weighted by Crippen LogP contribution is -2.38. The van der Waals surface area contributed by atoms with Gasteiger partial charge in [-0.05, 0) is 18.1 Å². The van der Waals surface area contributed by atoms with Gasteiger partial charge in [-0.3, -0.25) is 4.79 Å². The van der Waals surface area contributed by atoms with Crippen LogP contribution in [0.25, 0.3) is 5.70 Å². The summed E-state index contributed by atoms with van der Waals surface area (Å²) in [5.74, 6) is 0. The molecular formula is C18H21BrN2O. The number of aromatic nitrogens is 1. The summed E-state index contributed by atoms with van der Waals surface area (Å²) in [6.45, 7) is 12.0. The third-order valence-corrected chi connectivity index (χ3v) is 4.11. The second-order valence-electron chi connectivity index (χ2n) is 5.15. The lowest BCUT2D eigenvalue weighted by atomic mass is 10.1. The molecule has 3 nitrogen and oxygen atoms in total. The van der Waals surface area contributed by atoms with Gasteiger partial charge in [-0.15, -0.1) is 0 Å². The molecule has 0 saturated carbocycles. The predicted octanol–water partition coefficient (Wildman–Crippen LogP) is 3.98. The van der Waals surface area contributed by atoms with E-state index in [1.165, 1.54) is 0 Å². The molecule has 0 saturated heterocycles. The number of halogens is 1. The smallest absolute Gasteiger partial charge is 0.252 e. The SMILES string of the molecule is C=C/C=C(\C=C)CN1CCn2c(cc(Br)cc2=O)/C1=C\CC. The topological polar surface area (TPSA) is 25.2 Å². The Morgan fingerprint density at radius 1 is 1.36 bits per heavy atom. The van der Waals surface area contributed by atoms with Gasteiger partial charge < -0.3 is 9.47 Å². The Kier molecular flexibility index (Phi) is 5.61. The molecular weight excluding hydrogens is 340 g/mol. The van der Waals surface area contributed by atoms with Crippen LogP contribution in [0.4, 0.5) is 0 Å². The van der Waals surface area contributed by atoms with E-state index >= 15 is 0 Å². The van der Waals surface area contributed by atoms with Crippen molar-refractivity contribution in [1.29, 1.82) is 0 Å². The van der Waals surface area contributed by atoms with Crippen molar-refractivity contribution < 1.29 is 0 Å². The van der Waals surface area contributed by atoms with Crippen molar-refractivity contribution in [2.75, 3.05) is 13.1 Å². The number of nitrogens with zero attached hydrogens (tertiary/aromatic N) is 2. The molecule has 1 aliphatic heterocycles. The fourth-order valence-electron chi connectivity index (χ4n) is 2.66. The van der Waals surface area contributed by atoms with Crippen molar-refractivity contribution in [1.82, 2.24) is 9.47 Å². The highest BCUT2D eigenvalue weighted by Crippen LogP contribution is 2.26. The van der Waals surface area contributed by atoms with Crippen molar-refractivity contribution >= 4 is 21.6 Å². The molecule has 116 valence electrons. The number of hydrogen-bond acceptors (Lipinski definition) is 2. The van der Waals surface area contributed by atoms with Crippen LogP contribution in [-0.4, -0.2) is 22.6 Å². The van der Waals surface area contributed by atoms with Crippen LogP contribution in [0.5, 0.6) is 0 Å². The second-order valence-corrected chi connectivity index (χ2v) is 6.06. The van der Waals surface area contributed by atoms with Crippen LogP contribution >= 0.6 is 15.9 Å². The molecule has 0 amide bonds. The zero-order chi connectivity index (χ0) is 16.1. The molecule has 22 heavy (non-hydrogen) atoms. The normalized spacial score (nSPS) is 16.5. The van der Waals surface area contributed by atoms with E-state index in [1.807, 2.05) is 22.8 Å². The largest absolute Gasteiger partial charge is 0.364 e. The zero-order valence-corrected chi connectivity index (χ0v) is 14.5. The first-order valence-electron chi connectivity index (χ1n) is 7.40. The first-order chi connectivity index (χ1) is 10.6. The number of fused-ring (bicyclic) bond motifs is 1. The second kappa shape index (κ2) is 7.45. The molecule has 1 aliphatic rings. The van der Waals surface area contributed by atoms with E-state index in [2.05, 4.69) is 47.0 Å². The molecule has 0 unspecified atom stereocenters. The molecule has 0 atom stereocenters. The van der Waals surface area contributed by atoms with E-state index in [-0.39, 0.29) is 5.56 Å². The molecule has 0 bridgehead atoms. The predicted molar refractivity (Wildman–Crippen MR) is 96.7 cm³/mol. The van der Waals surface area contributed by atoms with E-state index in [0.717, 1.165) is 40.9 Å². The maximum Gasteiger partial charge on any atom is 0.252 e. The summed E-state index contributed by atoms with van der Waals surface area (Å²) in [7, 11) is 0. The molecule has 0 spiro atoms. The third-order valence-electron chi connectivity index (χ3n) is 3.65. The van der Waals surface area contributed by atoms with Gasteiger partial charge >= 0.3 is 0 Å². The van der Waals surface area contributed by atoms with Crippen molar-refractivity contribution in [2.45, 2.75) is 19.9 Å². The van der Waals surface area contributed by atoms with Gasteiger partial charge in [0, 0.05) is 30.2 Å². The summed E-state index contributed by atoms with van der Waals surface area (Å²) in [5.41, 5.74) is 3.22. The standard InChI is InChI=1S/C18H21BrN2O/c1-4-7-14(6-3)13-20-9-10-21-17(16(20)8-5-2)11-15(19)12-18(21)22/h4,6-8,11-12H,1,3,5,9-10,13H2,2H3/b14-7+,16-8+. The monoisotopic (exact) mass is 360 g/mol. The van der Waals surface area contributed by atoms with E-state index in [4.69, 9.17) is 0 Å². The Morgan fingerprint density at radius 3 is 2.77 bits per heavy atom. The van der Waals surface area contributed by atoms with Gasteiger partial charge in [0.15, 0.2) is 0 Å². The van der Waals surface area contributed by atoms with E-state index in [0.29, 0.717) is 6.54 Å². The molecule has 0 fully saturated rings. The first kappa shape index (κ1) is 16.6. The summed E-state index contributed by atoms with van der Waals surface area (Å²) in [6.07, 6.45) is 8.69. The van der Waals surface area contributed by atoms with Crippen molar-refractivity contribution in [3.05, 3.63) is 75.7 Å². The average molecular weight is 361 g/mol. The summed E-state index contributed by atoms with van der Waals surface area (Å²) in [4.78, 5) is 14.5. The number of pyridine rings is 1. The molecule has 0 aromatic carbocycles. The molecule has 1 aromatic rings. The van der Waals surface area contributed by atoms with Crippen LogP contribution in [0.3, 0.4) is 0 Å². The highest BCUT2D eigenvalue weighted by atomic mass is 79.9. The highest BCUT2D eigenvalue weighted by molar-refractivity contribution is 9.10. The van der Waals surface area contributed by atoms with E-state index in [1.54, 1.807) is 12.1 Å². The minimum Gasteiger partial charge on any atom is -0.364 e. The molecule has 0 N–H and O–H groups in total. The maximum absolute atomic E-state index is 12.2. The fraction of sp³-hybridized carbons (Fsp3) is 0.278. The highest BCUT2D eigenvalue weighted by Gasteiger charge is 2.22. The Balaban J connectivity index is 2.45. The van der Waals surface area contributed by atoms with Crippen LogP contribution in [0.1, 0.15) is 19.0 Å². The molecule has 0 aliphatic carbocycles. The zero-order valence-electron chi connectivity index (χ0n) is 12.9. The Bertz CT molecular complexity index is 698. The molecule has 0 radical (unpaired) electrons. The number of hydrogen-bond donors (Lipinski definition) is 0. The average Bonchev–Trinajstić information content (AvgIpc) is 2.49. The third kappa shape index (κ3) is 3.50. The van der Waals surface area contributed by atoms with Crippen LogP contribution in [0.2, 0.25) is 0 Å². The van der Waals surface area contributed by atoms with Crippen molar-refractivity contribution in [3.8, 4) is 0 Å². The van der Waals surface area contributed by atoms with Gasteiger partial charge in [0.05, 0.1) is 11.4 Å². The molecule has 4 heteroatoms. The summed E-state index contributed by atoms with van der Waals surface area (Å²) < 4.78 is 2.66. The Morgan fingerprint density at radius 2 is 2.14 bits per heavy atom. The summed E-state index contributed by atoms with van der Waals surface area (Å²) >= 11 is 3.43. The molecule has 2 heterocycles. The van der Waals surface area contributed by atoms with Crippen LogP contribution in [0, 0.1) is 0 Å². The van der Waals surface area contributed by atoms with Gasteiger partial charge in [-0.1, -0.05) is 60.3 Å². The van der Waals surface area contributed by atoms with Crippen LogP contribution in [-0.2, 0) is 6.54 Å². The summed E-state index contributed by atoms with van der Waals surface area (Å²) in [6, 6.07) is 3.63. The number of rotatable bonds is 5. The van der Waals surface area contributed by atoms with E-state index in [9.17, 15) is 4.79 Å². The minimum absolute atomic E-state index is 0.0385. The molecule has 1 aromatic heterocycles. The van der Waals surface area contributed by atoms with Gasteiger partial charge in [0.1, 0.15) is 0 Å². The van der Waals surface area contributed by atoms with Gasteiger partial charge in [0.25, 0.3) is 5.56 Å². The van der Waals surface area contributed by atoms with Gasteiger partial charge in [-0.25, -0.2) is 0 Å². The van der Waals surface area contributed by atoms with Crippen molar-refractivity contribution in [2.24, 2.45) is 0 Å². The maximum atomic E-state index is 12.2. The van der Waals surface area contributed by atoms with Crippen molar-refractivity contribution in [3.63, 3.8) is 0 Å². The van der Waals surface area contributed by atoms with Gasteiger partial charge in [0.2, 0.25) is 0 Å². The van der Waals surface area contributed by atoms with E-state index < -0.39 is 0 Å². The van der Waals surface area contributed by atoms with Crippen LogP contribution in [0.15, 0.2) is 64.4 Å². The number of allylic oxidation sites excluding steroid dienone is 3. The summed E-state index contributed by atoms with van der Waals surface area (Å²) in [5, 5.41) is 0. The van der Waals surface area contributed by atoms with Crippen LogP contribution < -0.4 is 5.56 Å². The fourth-order valence-corrected chi connectivity index (χ4v) is 3.07. The quantitative estimate of drug-likeness (QED) is 0.742. The first-order valence-corrected chi connectivity index (χ1v) is 8.20. The Labute approximate surface area is 140 Å². The lowest BCUT2D eigenvalue weighted by Gasteiger charge is -2.34. The van der Waals surface area contributed by atoms with Gasteiger partial charge in [-0.2, -0.15) is 0 Å². The lowest BCUT2D eigenvalue weighted by molar-refractivity contribution is 0.369. The molecule has 2 rings (SSSR count). The minimum atomic E-state index is 0.0385. The Hall–Kier alpha value is -1.81.